The molecule has 0 bridgehead atoms. The summed E-state index contributed by atoms with van der Waals surface area (Å²) in [5.41, 5.74) is 0. The van der Waals surface area contributed by atoms with Gasteiger partial charge in [-0.15, -0.1) is 0 Å². The van der Waals surface area contributed by atoms with Crippen molar-refractivity contribution >= 4 is 22.6 Å². The molecule has 0 nitrogen and oxygen atoms in total. The summed E-state index contributed by atoms with van der Waals surface area (Å²) in [5, 5.41) is 0. The third kappa shape index (κ3) is 1.31. The van der Waals surface area contributed by atoms with Gasteiger partial charge in [0.1, 0.15) is 0 Å². The van der Waals surface area contributed by atoms with Crippen molar-refractivity contribution in [2.45, 2.75) is 30.1 Å². The van der Waals surface area contributed by atoms with Crippen LogP contribution in [0.4, 0.5) is 0 Å². The average Bonchev–Trinajstić information content (AvgIpc) is 1.23. The van der Waals surface area contributed by atoms with E-state index in [0.29, 0.717) is 0 Å². The fourth-order valence-electron chi connectivity index (χ4n) is 0.899. The SMILES string of the molecule is CC(I)C1CCC1. The summed E-state index contributed by atoms with van der Waals surface area (Å²) < 4.78 is 0.923. The Bertz CT molecular complexity index is 55.2. The number of halogens is 1. The fraction of sp³-hybridized carbons (Fsp3) is 1.00. The van der Waals surface area contributed by atoms with E-state index in [4.69, 9.17) is 0 Å². The number of alkyl halides is 1. The summed E-state index contributed by atoms with van der Waals surface area (Å²) in [4.78, 5) is 0. The van der Waals surface area contributed by atoms with E-state index in [1.807, 2.05) is 0 Å². The molecule has 0 N–H and O–H groups in total. The molecule has 0 aromatic heterocycles. The van der Waals surface area contributed by atoms with E-state index in [1.54, 1.807) is 0 Å². The van der Waals surface area contributed by atoms with E-state index in [2.05, 4.69) is 29.5 Å². The number of hydrogen-bond donors (Lipinski definition) is 0. The zero-order chi connectivity index (χ0) is 5.28. The van der Waals surface area contributed by atoms with Crippen LogP contribution in [-0.2, 0) is 0 Å². The molecule has 0 heterocycles. The molecule has 0 saturated heterocycles. The van der Waals surface area contributed by atoms with Crippen LogP contribution in [0.3, 0.4) is 0 Å². The molecule has 1 saturated carbocycles. The average molecular weight is 210 g/mol. The predicted molar refractivity (Wildman–Crippen MR) is 40.8 cm³/mol. The van der Waals surface area contributed by atoms with Gasteiger partial charge in [0.05, 0.1) is 0 Å². The molecule has 0 aromatic carbocycles. The first-order valence-corrected chi connectivity index (χ1v) is 4.19. The molecule has 42 valence electrons. The molecule has 1 rings (SSSR count). The molecule has 1 atom stereocenters. The second kappa shape index (κ2) is 2.33. The highest BCUT2D eigenvalue weighted by Crippen LogP contribution is 2.32. The summed E-state index contributed by atoms with van der Waals surface area (Å²) in [5.74, 6) is 1.07. The van der Waals surface area contributed by atoms with Crippen LogP contribution in [0.1, 0.15) is 26.2 Å². The van der Waals surface area contributed by atoms with Gasteiger partial charge >= 0.3 is 0 Å². The molecule has 7 heavy (non-hydrogen) atoms. The summed E-state index contributed by atoms with van der Waals surface area (Å²) >= 11 is 2.52. The summed E-state index contributed by atoms with van der Waals surface area (Å²) in [6.07, 6.45) is 4.46. The van der Waals surface area contributed by atoms with Gasteiger partial charge in [0.15, 0.2) is 0 Å². The Morgan fingerprint density at radius 3 is 2.14 bits per heavy atom. The van der Waals surface area contributed by atoms with Crippen LogP contribution in [-0.4, -0.2) is 3.92 Å². The van der Waals surface area contributed by atoms with Gasteiger partial charge < -0.3 is 0 Å². The highest BCUT2D eigenvalue weighted by molar-refractivity contribution is 14.1. The molecule has 1 unspecified atom stereocenters. The number of rotatable bonds is 1. The van der Waals surface area contributed by atoms with Crippen LogP contribution in [0.25, 0.3) is 0 Å². The summed E-state index contributed by atoms with van der Waals surface area (Å²) in [6, 6.07) is 0. The Kier molecular flexibility index (Phi) is 1.95. The highest BCUT2D eigenvalue weighted by atomic mass is 127. The van der Waals surface area contributed by atoms with Crippen LogP contribution in [0, 0.1) is 5.92 Å². The van der Waals surface area contributed by atoms with Crippen molar-refractivity contribution < 1.29 is 0 Å². The summed E-state index contributed by atoms with van der Waals surface area (Å²) in [6.45, 7) is 2.31. The molecule has 1 aliphatic carbocycles. The Morgan fingerprint density at radius 1 is 1.57 bits per heavy atom. The second-order valence-electron chi connectivity index (χ2n) is 2.37. The van der Waals surface area contributed by atoms with Gasteiger partial charge in [-0.2, -0.15) is 0 Å². The maximum absolute atomic E-state index is 2.52. The van der Waals surface area contributed by atoms with Crippen LogP contribution in [0.5, 0.6) is 0 Å². The molecule has 0 amide bonds. The van der Waals surface area contributed by atoms with Gasteiger partial charge in [-0.1, -0.05) is 35.9 Å². The maximum atomic E-state index is 2.52. The summed E-state index contributed by atoms with van der Waals surface area (Å²) in [7, 11) is 0. The van der Waals surface area contributed by atoms with Crippen molar-refractivity contribution in [1.29, 1.82) is 0 Å². The minimum absolute atomic E-state index is 0.923. The topological polar surface area (TPSA) is 0 Å². The smallest absolute Gasteiger partial charge is 0.0110 e. The molecular weight excluding hydrogens is 199 g/mol. The molecule has 0 aliphatic heterocycles. The minimum atomic E-state index is 0.923. The lowest BCUT2D eigenvalue weighted by Crippen LogP contribution is -2.18. The lowest BCUT2D eigenvalue weighted by molar-refractivity contribution is 0.322. The standard InChI is InChI=1S/C6H11I/c1-5(7)6-3-2-4-6/h5-6H,2-4H2,1H3. The second-order valence-corrected chi connectivity index (χ2v) is 4.33. The van der Waals surface area contributed by atoms with Crippen LogP contribution in [0.2, 0.25) is 0 Å². The van der Waals surface area contributed by atoms with E-state index in [0.717, 1.165) is 9.84 Å². The third-order valence-electron chi connectivity index (χ3n) is 1.80. The zero-order valence-corrected chi connectivity index (χ0v) is 6.81. The van der Waals surface area contributed by atoms with E-state index in [-0.39, 0.29) is 0 Å². The Morgan fingerprint density at radius 2 is 2.14 bits per heavy atom. The first kappa shape index (κ1) is 5.86. The number of hydrogen-bond acceptors (Lipinski definition) is 0. The van der Waals surface area contributed by atoms with Gasteiger partial charge in [0.25, 0.3) is 0 Å². The normalized spacial score (nSPS) is 26.6. The highest BCUT2D eigenvalue weighted by Gasteiger charge is 2.20. The van der Waals surface area contributed by atoms with Gasteiger partial charge in [0, 0.05) is 3.92 Å². The Hall–Kier alpha value is 0.730. The zero-order valence-electron chi connectivity index (χ0n) is 4.65. The molecule has 1 fully saturated rings. The lowest BCUT2D eigenvalue weighted by Gasteiger charge is -2.27. The molecule has 0 radical (unpaired) electrons. The predicted octanol–water partition coefficient (Wildman–Crippen LogP) is 2.61. The maximum Gasteiger partial charge on any atom is 0.0110 e. The monoisotopic (exact) mass is 210 g/mol. The fourth-order valence-corrected chi connectivity index (χ4v) is 1.62. The molecular formula is C6H11I. The van der Waals surface area contributed by atoms with E-state index < -0.39 is 0 Å². The van der Waals surface area contributed by atoms with Gasteiger partial charge in [-0.25, -0.2) is 0 Å². The molecule has 1 heteroatoms. The van der Waals surface area contributed by atoms with Gasteiger partial charge in [-0.3, -0.25) is 0 Å². The minimum Gasteiger partial charge on any atom is -0.0826 e. The van der Waals surface area contributed by atoms with Crippen molar-refractivity contribution in [2.75, 3.05) is 0 Å². The van der Waals surface area contributed by atoms with Crippen LogP contribution >= 0.6 is 22.6 Å². The van der Waals surface area contributed by atoms with Crippen molar-refractivity contribution in [3.8, 4) is 0 Å². The molecule has 1 aliphatic rings. The van der Waals surface area contributed by atoms with E-state index in [9.17, 15) is 0 Å². The van der Waals surface area contributed by atoms with Crippen molar-refractivity contribution in [3.63, 3.8) is 0 Å². The van der Waals surface area contributed by atoms with Crippen LogP contribution in [0.15, 0.2) is 0 Å². The van der Waals surface area contributed by atoms with Crippen molar-refractivity contribution in [1.82, 2.24) is 0 Å². The van der Waals surface area contributed by atoms with Crippen molar-refractivity contribution in [3.05, 3.63) is 0 Å². The van der Waals surface area contributed by atoms with Gasteiger partial charge in [0.2, 0.25) is 0 Å². The quantitative estimate of drug-likeness (QED) is 0.461. The Labute approximate surface area is 58.8 Å². The van der Waals surface area contributed by atoms with Crippen molar-refractivity contribution in [2.24, 2.45) is 5.92 Å². The third-order valence-corrected chi connectivity index (χ3v) is 2.82. The van der Waals surface area contributed by atoms with Crippen LogP contribution < -0.4 is 0 Å². The van der Waals surface area contributed by atoms with E-state index >= 15 is 0 Å². The first-order chi connectivity index (χ1) is 3.30. The Balaban J connectivity index is 2.14. The van der Waals surface area contributed by atoms with Gasteiger partial charge in [-0.05, 0) is 18.8 Å². The molecule has 0 spiro atoms. The first-order valence-electron chi connectivity index (χ1n) is 2.95. The largest absolute Gasteiger partial charge is 0.0826 e. The molecule has 0 aromatic rings. The lowest BCUT2D eigenvalue weighted by atomic mass is 9.84. The van der Waals surface area contributed by atoms with E-state index in [1.165, 1.54) is 19.3 Å².